The number of ketones is 2. The molecule has 27 heavy (non-hydrogen) atoms. The Labute approximate surface area is 161 Å². The standard InChI is InChI=1S/C21H33NO5/c23-17(9-4-8-16-6-2-1-3-7-16)19-20(24)18(27-21(19)25)10-5-11-22-12-14-26-15-13-22/h16,18-19H,1-15H2. The van der Waals surface area contributed by atoms with E-state index in [-0.39, 0.29) is 11.6 Å². The molecule has 6 heteroatoms. The maximum absolute atomic E-state index is 12.5. The largest absolute Gasteiger partial charge is 0.453 e. The summed E-state index contributed by atoms with van der Waals surface area (Å²) in [5.74, 6) is -1.63. The second-order valence-electron chi connectivity index (χ2n) is 8.22. The molecule has 2 atom stereocenters. The number of cyclic esters (lactones) is 1. The average molecular weight is 379 g/mol. The summed E-state index contributed by atoms with van der Waals surface area (Å²) in [6.07, 6.45) is 9.11. The SMILES string of the molecule is O=C(CCCC1CCCCC1)C1C(=O)OC(CCCN2CCOCC2)C1=O. The lowest BCUT2D eigenvalue weighted by atomic mass is 9.85. The van der Waals surface area contributed by atoms with Crippen LogP contribution in [0.15, 0.2) is 0 Å². The van der Waals surface area contributed by atoms with E-state index >= 15 is 0 Å². The number of ether oxygens (including phenoxy) is 2. The van der Waals surface area contributed by atoms with Crippen molar-refractivity contribution in [2.45, 2.75) is 70.3 Å². The summed E-state index contributed by atoms with van der Waals surface area (Å²) in [6, 6.07) is 0. The van der Waals surface area contributed by atoms with Crippen molar-refractivity contribution < 1.29 is 23.9 Å². The van der Waals surface area contributed by atoms with Crippen molar-refractivity contribution in [3.05, 3.63) is 0 Å². The number of nitrogens with zero attached hydrogens (tertiary/aromatic N) is 1. The van der Waals surface area contributed by atoms with Gasteiger partial charge in [-0.15, -0.1) is 0 Å². The van der Waals surface area contributed by atoms with Gasteiger partial charge >= 0.3 is 5.97 Å². The van der Waals surface area contributed by atoms with Gasteiger partial charge in [-0.2, -0.15) is 0 Å². The van der Waals surface area contributed by atoms with Crippen LogP contribution in [0.4, 0.5) is 0 Å². The van der Waals surface area contributed by atoms with E-state index in [0.29, 0.717) is 18.8 Å². The highest BCUT2D eigenvalue weighted by atomic mass is 16.6. The highest BCUT2D eigenvalue weighted by Gasteiger charge is 2.46. The third kappa shape index (κ3) is 5.85. The Hall–Kier alpha value is -1.27. The summed E-state index contributed by atoms with van der Waals surface area (Å²) in [4.78, 5) is 39.3. The fourth-order valence-electron chi connectivity index (χ4n) is 4.57. The lowest BCUT2D eigenvalue weighted by molar-refractivity contribution is -0.147. The van der Waals surface area contributed by atoms with Gasteiger partial charge in [-0.3, -0.25) is 19.3 Å². The smallest absolute Gasteiger partial charge is 0.325 e. The van der Waals surface area contributed by atoms with Crippen molar-refractivity contribution in [3.8, 4) is 0 Å². The van der Waals surface area contributed by atoms with Gasteiger partial charge in [0.15, 0.2) is 23.6 Å². The van der Waals surface area contributed by atoms with Crippen LogP contribution in [0.2, 0.25) is 0 Å². The first-order valence-corrected chi connectivity index (χ1v) is 10.7. The van der Waals surface area contributed by atoms with Gasteiger partial charge in [0.05, 0.1) is 13.2 Å². The number of carbonyl (C=O) groups excluding carboxylic acids is 3. The lowest BCUT2D eigenvalue weighted by Gasteiger charge is -2.26. The molecule has 152 valence electrons. The molecule has 0 amide bonds. The molecule has 3 aliphatic rings. The third-order valence-corrected chi connectivity index (χ3v) is 6.22. The van der Waals surface area contributed by atoms with Crippen LogP contribution in [0.1, 0.15) is 64.2 Å². The molecule has 6 nitrogen and oxygen atoms in total. The maximum atomic E-state index is 12.5. The van der Waals surface area contributed by atoms with Crippen LogP contribution >= 0.6 is 0 Å². The molecular formula is C21H33NO5. The predicted molar refractivity (Wildman–Crippen MR) is 100 cm³/mol. The van der Waals surface area contributed by atoms with Crippen LogP contribution in [-0.4, -0.2) is 61.4 Å². The molecule has 1 saturated carbocycles. The van der Waals surface area contributed by atoms with Crippen molar-refractivity contribution in [2.75, 3.05) is 32.8 Å². The number of Topliss-reactive ketones (excluding diaryl/α,β-unsaturated/α-hetero) is 2. The summed E-state index contributed by atoms with van der Waals surface area (Å²) in [5, 5.41) is 0. The summed E-state index contributed by atoms with van der Waals surface area (Å²) in [5.41, 5.74) is 0. The van der Waals surface area contributed by atoms with Crippen LogP contribution in [0.25, 0.3) is 0 Å². The molecule has 2 aliphatic heterocycles. The maximum Gasteiger partial charge on any atom is 0.325 e. The average Bonchev–Trinajstić information content (AvgIpc) is 2.97. The zero-order valence-electron chi connectivity index (χ0n) is 16.3. The Bertz CT molecular complexity index is 523. The van der Waals surface area contributed by atoms with Crippen molar-refractivity contribution in [1.82, 2.24) is 4.90 Å². The van der Waals surface area contributed by atoms with Crippen molar-refractivity contribution in [3.63, 3.8) is 0 Å². The number of hydrogen-bond acceptors (Lipinski definition) is 6. The van der Waals surface area contributed by atoms with Gasteiger partial charge < -0.3 is 9.47 Å². The Morgan fingerprint density at radius 3 is 2.48 bits per heavy atom. The van der Waals surface area contributed by atoms with E-state index in [4.69, 9.17) is 9.47 Å². The second-order valence-corrected chi connectivity index (χ2v) is 8.22. The van der Waals surface area contributed by atoms with E-state index in [1.54, 1.807) is 0 Å². The Morgan fingerprint density at radius 1 is 1.00 bits per heavy atom. The molecule has 0 aromatic heterocycles. The van der Waals surface area contributed by atoms with E-state index in [1.807, 2.05) is 0 Å². The molecule has 0 N–H and O–H groups in total. The summed E-state index contributed by atoms with van der Waals surface area (Å²) < 4.78 is 10.6. The first-order valence-electron chi connectivity index (χ1n) is 10.7. The van der Waals surface area contributed by atoms with Gasteiger partial charge in [0.1, 0.15) is 0 Å². The molecule has 0 radical (unpaired) electrons. The van der Waals surface area contributed by atoms with Crippen LogP contribution in [0.5, 0.6) is 0 Å². The normalized spacial score (nSPS) is 27.7. The zero-order valence-corrected chi connectivity index (χ0v) is 16.3. The number of carbonyl (C=O) groups is 3. The Morgan fingerprint density at radius 2 is 1.74 bits per heavy atom. The van der Waals surface area contributed by atoms with E-state index in [1.165, 1.54) is 32.1 Å². The molecule has 2 saturated heterocycles. The fraction of sp³-hybridized carbons (Fsp3) is 0.857. The molecule has 1 aliphatic carbocycles. The second kappa shape index (κ2) is 10.3. The van der Waals surface area contributed by atoms with Gasteiger partial charge in [-0.25, -0.2) is 0 Å². The first-order chi connectivity index (χ1) is 13.1. The minimum Gasteiger partial charge on any atom is -0.453 e. The van der Waals surface area contributed by atoms with E-state index in [9.17, 15) is 14.4 Å². The quantitative estimate of drug-likeness (QED) is 0.453. The molecule has 0 aromatic carbocycles. The van der Waals surface area contributed by atoms with E-state index in [0.717, 1.165) is 52.1 Å². The van der Waals surface area contributed by atoms with Gasteiger partial charge in [-0.05, 0) is 31.7 Å². The number of hydrogen-bond donors (Lipinski definition) is 0. The minimum atomic E-state index is -1.16. The topological polar surface area (TPSA) is 72.9 Å². The molecule has 3 rings (SSSR count). The highest BCUT2D eigenvalue weighted by Crippen LogP contribution is 2.29. The summed E-state index contributed by atoms with van der Waals surface area (Å²) in [7, 11) is 0. The van der Waals surface area contributed by atoms with Gasteiger partial charge in [0.25, 0.3) is 0 Å². The monoisotopic (exact) mass is 379 g/mol. The van der Waals surface area contributed by atoms with Crippen LogP contribution in [0, 0.1) is 11.8 Å². The molecule has 0 aromatic rings. The number of esters is 1. The lowest BCUT2D eigenvalue weighted by Crippen LogP contribution is -2.37. The predicted octanol–water partition coefficient (Wildman–Crippen LogP) is 2.53. The molecular weight excluding hydrogens is 346 g/mol. The minimum absolute atomic E-state index is 0.239. The summed E-state index contributed by atoms with van der Waals surface area (Å²) >= 11 is 0. The van der Waals surface area contributed by atoms with Crippen molar-refractivity contribution in [2.24, 2.45) is 11.8 Å². The van der Waals surface area contributed by atoms with Crippen LogP contribution in [0.3, 0.4) is 0 Å². The van der Waals surface area contributed by atoms with E-state index in [2.05, 4.69) is 4.90 Å². The molecule has 0 bridgehead atoms. The van der Waals surface area contributed by atoms with Crippen molar-refractivity contribution in [1.29, 1.82) is 0 Å². The molecule has 0 spiro atoms. The van der Waals surface area contributed by atoms with Crippen molar-refractivity contribution >= 4 is 17.5 Å². The Balaban J connectivity index is 1.37. The van der Waals surface area contributed by atoms with Gasteiger partial charge in [-0.1, -0.05) is 38.5 Å². The van der Waals surface area contributed by atoms with Crippen LogP contribution < -0.4 is 0 Å². The van der Waals surface area contributed by atoms with Crippen LogP contribution in [-0.2, 0) is 23.9 Å². The molecule has 2 heterocycles. The summed E-state index contributed by atoms with van der Waals surface area (Å²) in [6.45, 7) is 4.16. The first kappa shape index (κ1) is 20.5. The van der Waals surface area contributed by atoms with Gasteiger partial charge in [0, 0.05) is 19.5 Å². The Kier molecular flexibility index (Phi) is 7.82. The zero-order chi connectivity index (χ0) is 19.1. The molecule has 3 fully saturated rings. The highest BCUT2D eigenvalue weighted by molar-refractivity contribution is 6.21. The fourth-order valence-corrected chi connectivity index (χ4v) is 4.57. The van der Waals surface area contributed by atoms with Gasteiger partial charge in [0.2, 0.25) is 0 Å². The van der Waals surface area contributed by atoms with E-state index < -0.39 is 18.0 Å². The number of rotatable bonds is 9. The molecule has 2 unspecified atom stereocenters. The number of morpholine rings is 1. The third-order valence-electron chi connectivity index (χ3n) is 6.22.